The number of aromatic nitrogens is 1. The molecule has 0 aliphatic heterocycles. The van der Waals surface area contributed by atoms with Crippen LogP contribution in [0.4, 0.5) is 0 Å². The molecule has 2 unspecified atom stereocenters. The lowest BCUT2D eigenvalue weighted by molar-refractivity contribution is -0.0119. The van der Waals surface area contributed by atoms with Crippen molar-refractivity contribution in [3.05, 3.63) is 29.6 Å². The van der Waals surface area contributed by atoms with E-state index < -0.39 is 5.60 Å². The predicted molar refractivity (Wildman–Crippen MR) is 81.0 cm³/mol. The molecule has 1 aromatic heterocycles. The maximum atomic E-state index is 10.6. The summed E-state index contributed by atoms with van der Waals surface area (Å²) in [6.45, 7) is 3.25. The van der Waals surface area contributed by atoms with Crippen molar-refractivity contribution in [3.63, 3.8) is 0 Å². The van der Waals surface area contributed by atoms with Crippen molar-refractivity contribution in [1.82, 2.24) is 10.3 Å². The van der Waals surface area contributed by atoms with Crippen molar-refractivity contribution >= 4 is 5.84 Å². The van der Waals surface area contributed by atoms with Crippen molar-refractivity contribution in [1.29, 1.82) is 0 Å². The quantitative estimate of drug-likeness (QED) is 0.283. The van der Waals surface area contributed by atoms with Gasteiger partial charge in [0.2, 0.25) is 0 Å². The van der Waals surface area contributed by atoms with Crippen molar-refractivity contribution in [2.75, 3.05) is 6.54 Å². The number of nitrogens with two attached hydrogens (primary N) is 1. The van der Waals surface area contributed by atoms with Crippen LogP contribution in [0.25, 0.3) is 0 Å². The number of aliphatic hydroxyl groups is 1. The molecule has 0 aromatic carbocycles. The van der Waals surface area contributed by atoms with Gasteiger partial charge in [0.05, 0.1) is 5.60 Å². The summed E-state index contributed by atoms with van der Waals surface area (Å²) in [5.74, 6) is 0.564. The summed E-state index contributed by atoms with van der Waals surface area (Å²) in [5, 5.41) is 25.6. The molecule has 2 rings (SSSR count). The zero-order valence-electron chi connectivity index (χ0n) is 12.4. The van der Waals surface area contributed by atoms with Gasteiger partial charge in [0.1, 0.15) is 5.69 Å². The fourth-order valence-electron chi connectivity index (χ4n) is 3.08. The second-order valence-corrected chi connectivity index (χ2v) is 6.03. The molecule has 1 saturated carbocycles. The molecule has 0 bridgehead atoms. The minimum absolute atomic E-state index is 0.00241. The fourth-order valence-corrected chi connectivity index (χ4v) is 3.08. The van der Waals surface area contributed by atoms with Gasteiger partial charge in [-0.1, -0.05) is 31.0 Å². The number of pyridine rings is 1. The highest BCUT2D eigenvalue weighted by molar-refractivity contribution is 5.96. The first-order chi connectivity index (χ1) is 10.0. The lowest BCUT2D eigenvalue weighted by Crippen LogP contribution is -2.44. The van der Waals surface area contributed by atoms with E-state index in [1.54, 1.807) is 6.20 Å². The predicted octanol–water partition coefficient (Wildman–Crippen LogP) is 1.21. The van der Waals surface area contributed by atoms with Gasteiger partial charge in [-0.25, -0.2) is 0 Å². The summed E-state index contributed by atoms with van der Waals surface area (Å²) in [5.41, 5.74) is 6.30. The highest BCUT2D eigenvalue weighted by Gasteiger charge is 2.32. The van der Waals surface area contributed by atoms with E-state index >= 15 is 0 Å². The maximum absolute atomic E-state index is 10.6. The number of nitrogens with zero attached hydrogens (tertiary/aromatic N) is 2. The monoisotopic (exact) mass is 292 g/mol. The summed E-state index contributed by atoms with van der Waals surface area (Å²) >= 11 is 0. The molecular weight excluding hydrogens is 268 g/mol. The molecule has 6 heteroatoms. The number of hydrogen-bond donors (Lipinski definition) is 4. The molecule has 21 heavy (non-hydrogen) atoms. The van der Waals surface area contributed by atoms with E-state index in [0.29, 0.717) is 24.7 Å². The average molecular weight is 292 g/mol. The van der Waals surface area contributed by atoms with Crippen LogP contribution in [-0.2, 0) is 6.54 Å². The summed E-state index contributed by atoms with van der Waals surface area (Å²) in [6.07, 6.45) is 5.54. The largest absolute Gasteiger partial charge is 0.409 e. The summed E-state index contributed by atoms with van der Waals surface area (Å²) in [7, 11) is 0. The van der Waals surface area contributed by atoms with Crippen LogP contribution in [0.5, 0.6) is 0 Å². The number of oxime groups is 1. The van der Waals surface area contributed by atoms with Crippen LogP contribution < -0.4 is 11.1 Å². The van der Waals surface area contributed by atoms with Gasteiger partial charge in [0.25, 0.3) is 0 Å². The normalized spacial score (nSPS) is 26.8. The molecule has 0 spiro atoms. The van der Waals surface area contributed by atoms with Crippen molar-refractivity contribution in [3.8, 4) is 0 Å². The highest BCUT2D eigenvalue weighted by Crippen LogP contribution is 2.31. The van der Waals surface area contributed by atoms with Crippen LogP contribution in [0.15, 0.2) is 23.5 Å². The van der Waals surface area contributed by atoms with E-state index in [1.165, 1.54) is 6.42 Å². The van der Waals surface area contributed by atoms with Gasteiger partial charge in [-0.2, -0.15) is 0 Å². The second-order valence-electron chi connectivity index (χ2n) is 6.03. The van der Waals surface area contributed by atoms with Crippen LogP contribution >= 0.6 is 0 Å². The van der Waals surface area contributed by atoms with Crippen molar-refractivity contribution < 1.29 is 10.3 Å². The Labute approximate surface area is 125 Å². The van der Waals surface area contributed by atoms with E-state index in [4.69, 9.17) is 10.9 Å². The molecule has 0 saturated heterocycles. The standard InChI is InChI=1S/C15H24N4O2/c1-11-4-2-6-15(20,8-11)10-17-9-12-5-3-7-18-13(12)14(16)19-21/h3,5,7,11,17,20-21H,2,4,6,8-10H2,1H3,(H2,16,19). The van der Waals surface area contributed by atoms with Gasteiger partial charge in [0.15, 0.2) is 5.84 Å². The van der Waals surface area contributed by atoms with Crippen LogP contribution in [-0.4, -0.2) is 33.3 Å². The molecule has 1 aliphatic carbocycles. The minimum atomic E-state index is -0.628. The molecule has 2 atom stereocenters. The Bertz CT molecular complexity index is 506. The molecule has 1 fully saturated rings. The number of nitrogens with one attached hydrogen (secondary N) is 1. The Morgan fingerprint density at radius 1 is 1.62 bits per heavy atom. The smallest absolute Gasteiger partial charge is 0.189 e. The third kappa shape index (κ3) is 4.15. The Morgan fingerprint density at radius 3 is 3.14 bits per heavy atom. The van der Waals surface area contributed by atoms with E-state index in [9.17, 15) is 5.11 Å². The molecular formula is C15H24N4O2. The molecule has 116 valence electrons. The summed E-state index contributed by atoms with van der Waals surface area (Å²) < 4.78 is 0. The molecule has 1 aromatic rings. The maximum Gasteiger partial charge on any atom is 0.189 e. The first-order valence-corrected chi connectivity index (χ1v) is 7.39. The van der Waals surface area contributed by atoms with Crippen molar-refractivity contribution in [2.45, 2.75) is 44.8 Å². The van der Waals surface area contributed by atoms with E-state index in [1.807, 2.05) is 12.1 Å². The SMILES string of the molecule is CC1CCCC(O)(CNCc2cccnc2C(N)=NO)C1. The van der Waals surface area contributed by atoms with Gasteiger partial charge in [-0.15, -0.1) is 0 Å². The van der Waals surface area contributed by atoms with Crippen LogP contribution in [0.1, 0.15) is 43.9 Å². The third-order valence-corrected chi connectivity index (χ3v) is 4.08. The first-order valence-electron chi connectivity index (χ1n) is 7.39. The number of amidine groups is 1. The van der Waals surface area contributed by atoms with E-state index in [2.05, 4.69) is 22.4 Å². The summed E-state index contributed by atoms with van der Waals surface area (Å²) in [6, 6.07) is 3.68. The summed E-state index contributed by atoms with van der Waals surface area (Å²) in [4.78, 5) is 4.13. The Hall–Kier alpha value is -1.66. The fraction of sp³-hybridized carbons (Fsp3) is 0.600. The highest BCUT2D eigenvalue weighted by atomic mass is 16.4. The van der Waals surface area contributed by atoms with Gasteiger partial charge >= 0.3 is 0 Å². The van der Waals surface area contributed by atoms with Gasteiger partial charge in [0, 0.05) is 19.3 Å². The van der Waals surface area contributed by atoms with E-state index in [-0.39, 0.29) is 5.84 Å². The molecule has 1 aliphatic rings. The lowest BCUT2D eigenvalue weighted by Gasteiger charge is -2.35. The van der Waals surface area contributed by atoms with Gasteiger partial charge < -0.3 is 21.4 Å². The van der Waals surface area contributed by atoms with Gasteiger partial charge in [-0.3, -0.25) is 4.98 Å². The number of rotatable bonds is 5. The molecule has 0 amide bonds. The molecule has 0 radical (unpaired) electrons. The van der Waals surface area contributed by atoms with Crippen molar-refractivity contribution in [2.24, 2.45) is 16.8 Å². The third-order valence-electron chi connectivity index (χ3n) is 4.08. The van der Waals surface area contributed by atoms with Crippen LogP contribution in [0.3, 0.4) is 0 Å². The Morgan fingerprint density at radius 2 is 2.43 bits per heavy atom. The average Bonchev–Trinajstić information content (AvgIpc) is 2.46. The van der Waals surface area contributed by atoms with E-state index in [0.717, 1.165) is 24.8 Å². The Kier molecular flexibility index (Phi) is 5.14. The van der Waals surface area contributed by atoms with Crippen LogP contribution in [0.2, 0.25) is 0 Å². The second kappa shape index (κ2) is 6.87. The molecule has 1 heterocycles. The minimum Gasteiger partial charge on any atom is -0.409 e. The lowest BCUT2D eigenvalue weighted by atomic mass is 9.79. The molecule has 6 nitrogen and oxygen atoms in total. The zero-order chi connectivity index (χ0) is 15.3. The van der Waals surface area contributed by atoms with Crippen LogP contribution in [0, 0.1) is 5.92 Å². The Balaban J connectivity index is 1.95. The zero-order valence-corrected chi connectivity index (χ0v) is 12.4. The number of hydrogen-bond acceptors (Lipinski definition) is 5. The topological polar surface area (TPSA) is 104 Å². The first kappa shape index (κ1) is 15.7. The van der Waals surface area contributed by atoms with Gasteiger partial charge in [-0.05, 0) is 30.4 Å². The molecule has 5 N–H and O–H groups in total.